The van der Waals surface area contributed by atoms with Crippen LogP contribution in [0.5, 0.6) is 16.7 Å². The first kappa shape index (κ1) is 23.7. The van der Waals surface area contributed by atoms with E-state index in [2.05, 4.69) is 27.4 Å². The largest absolute Gasteiger partial charge is 0.485 e. The van der Waals surface area contributed by atoms with Gasteiger partial charge < -0.3 is 14.8 Å². The van der Waals surface area contributed by atoms with E-state index < -0.39 is 0 Å². The molecule has 0 spiro atoms. The van der Waals surface area contributed by atoms with E-state index in [4.69, 9.17) is 9.47 Å². The molecule has 0 aliphatic carbocycles. The van der Waals surface area contributed by atoms with Crippen molar-refractivity contribution < 1.29 is 14.3 Å². The van der Waals surface area contributed by atoms with Crippen molar-refractivity contribution in [3.05, 3.63) is 101 Å². The number of amides is 1. The van der Waals surface area contributed by atoms with Crippen molar-refractivity contribution in [3.8, 4) is 16.7 Å². The maximum atomic E-state index is 12.1. The Morgan fingerprint density at radius 2 is 1.94 bits per heavy atom. The maximum absolute atomic E-state index is 12.1. The van der Waals surface area contributed by atoms with E-state index in [1.165, 1.54) is 16.9 Å². The molecule has 2 aromatic heterocycles. The van der Waals surface area contributed by atoms with Crippen LogP contribution in [0.4, 0.5) is 0 Å². The van der Waals surface area contributed by atoms with Gasteiger partial charge in [0.15, 0.2) is 0 Å². The first-order valence-electron chi connectivity index (χ1n) is 10.9. The van der Waals surface area contributed by atoms with Crippen molar-refractivity contribution in [1.29, 1.82) is 0 Å². The third-order valence-electron chi connectivity index (χ3n) is 5.41. The lowest BCUT2D eigenvalue weighted by Crippen LogP contribution is -2.24. The number of carbonyl (C=O) groups excluding carboxylic acids is 1. The molecule has 1 unspecified atom stereocenters. The number of benzene rings is 2. The van der Waals surface area contributed by atoms with Gasteiger partial charge in [0, 0.05) is 23.0 Å². The van der Waals surface area contributed by atoms with E-state index in [0.717, 1.165) is 40.5 Å². The fourth-order valence-corrected chi connectivity index (χ4v) is 4.48. The summed E-state index contributed by atoms with van der Waals surface area (Å²) in [5, 5.41) is 3.45. The van der Waals surface area contributed by atoms with Crippen LogP contribution in [0.25, 0.3) is 0 Å². The molecule has 1 aliphatic rings. The Hall–Kier alpha value is -3.42. The molecule has 1 amide bonds. The van der Waals surface area contributed by atoms with Crippen molar-refractivity contribution in [1.82, 2.24) is 15.3 Å². The summed E-state index contributed by atoms with van der Waals surface area (Å²) in [6.07, 6.45) is 5.61. The monoisotopic (exact) mass is 493 g/mol. The van der Waals surface area contributed by atoms with Gasteiger partial charge in [-0.15, -0.1) is 12.4 Å². The minimum absolute atomic E-state index is 0. The first-order chi connectivity index (χ1) is 16.2. The normalized spacial score (nSPS) is 14.3. The average molecular weight is 494 g/mol. The van der Waals surface area contributed by atoms with Gasteiger partial charge in [0.25, 0.3) is 5.19 Å². The number of halogens is 1. The Balaban J connectivity index is 0.00000274. The van der Waals surface area contributed by atoms with Gasteiger partial charge in [-0.1, -0.05) is 47.7 Å². The molecule has 8 heteroatoms. The molecule has 1 atom stereocenters. The Labute approximate surface area is 208 Å². The number of pyridine rings is 1. The van der Waals surface area contributed by atoms with Crippen LogP contribution in [0.2, 0.25) is 0 Å². The summed E-state index contributed by atoms with van der Waals surface area (Å²) in [5.41, 5.74) is 3.08. The quantitative estimate of drug-likeness (QED) is 0.358. The van der Waals surface area contributed by atoms with Gasteiger partial charge in [-0.3, -0.25) is 9.78 Å². The second-order valence-electron chi connectivity index (χ2n) is 7.79. The predicted octanol–water partition coefficient (Wildman–Crippen LogP) is 5.68. The van der Waals surface area contributed by atoms with Crippen LogP contribution in [0, 0.1) is 0 Å². The van der Waals surface area contributed by atoms with Crippen LogP contribution >= 0.6 is 23.7 Å². The molecule has 0 fully saturated rings. The van der Waals surface area contributed by atoms with Crippen LogP contribution < -0.4 is 14.8 Å². The van der Waals surface area contributed by atoms with Gasteiger partial charge in [-0.25, -0.2) is 4.98 Å². The van der Waals surface area contributed by atoms with Crippen molar-refractivity contribution in [3.63, 3.8) is 0 Å². The van der Waals surface area contributed by atoms with Gasteiger partial charge in [-0.2, -0.15) is 0 Å². The molecule has 2 aromatic carbocycles. The zero-order chi connectivity index (χ0) is 22.5. The highest BCUT2D eigenvalue weighted by atomic mass is 35.5. The van der Waals surface area contributed by atoms with E-state index in [9.17, 15) is 4.79 Å². The lowest BCUT2D eigenvalue weighted by Gasteiger charge is -2.26. The number of nitrogens with zero attached hydrogens (tertiary/aromatic N) is 2. The summed E-state index contributed by atoms with van der Waals surface area (Å²) in [6, 6.07) is 21.7. The Morgan fingerprint density at radius 1 is 1.09 bits per heavy atom. The average Bonchev–Trinajstić information content (AvgIpc) is 3.31. The first-order valence-corrected chi connectivity index (χ1v) is 11.7. The van der Waals surface area contributed by atoms with Gasteiger partial charge in [0.05, 0.1) is 13.0 Å². The number of carbonyl (C=O) groups is 1. The summed E-state index contributed by atoms with van der Waals surface area (Å²) < 4.78 is 12.2. The number of ether oxygens (including phenoxy) is 2. The molecule has 5 rings (SSSR count). The highest BCUT2D eigenvalue weighted by Gasteiger charge is 2.21. The number of nitrogens with one attached hydrogen (secondary N) is 1. The van der Waals surface area contributed by atoms with Crippen LogP contribution in [0.1, 0.15) is 34.2 Å². The summed E-state index contributed by atoms with van der Waals surface area (Å²) >= 11 is 1.42. The number of rotatable bonds is 7. The molecule has 0 radical (unpaired) electrons. The van der Waals surface area contributed by atoms with Crippen molar-refractivity contribution >= 4 is 29.7 Å². The minimum Gasteiger partial charge on any atom is -0.485 e. The standard InChI is InChI=1S/C26H23N3O3S.ClH/c30-25(15-20-8-4-5-13-27-20)28-16-22-17-29-26(33-22)31-21-10-12-24-19(14-21)9-11-23(32-24)18-6-2-1-3-7-18;/h1-8,10,12-14,17,23H,9,11,15-16H2,(H,28,30);1H. The highest BCUT2D eigenvalue weighted by Crippen LogP contribution is 2.38. The van der Waals surface area contributed by atoms with Crippen LogP contribution in [0.3, 0.4) is 0 Å². The minimum atomic E-state index is -0.0759. The molecule has 1 N–H and O–H groups in total. The molecule has 0 bridgehead atoms. The van der Waals surface area contributed by atoms with Crippen molar-refractivity contribution in [2.75, 3.05) is 0 Å². The Morgan fingerprint density at radius 3 is 2.76 bits per heavy atom. The third kappa shape index (κ3) is 5.92. The SMILES string of the molecule is Cl.O=C(Cc1ccccn1)NCc1cnc(Oc2ccc3c(c2)CCC(c2ccccc2)O3)s1. The lowest BCUT2D eigenvalue weighted by atomic mass is 9.97. The van der Waals surface area contributed by atoms with Crippen LogP contribution in [0.15, 0.2) is 79.1 Å². The van der Waals surface area contributed by atoms with Crippen molar-refractivity contribution in [2.24, 2.45) is 0 Å². The number of thiazole rings is 1. The zero-order valence-electron chi connectivity index (χ0n) is 18.3. The van der Waals surface area contributed by atoms with Gasteiger partial charge in [-0.05, 0) is 54.3 Å². The Bertz CT molecular complexity index is 1230. The molecular formula is C26H24ClN3O3S. The second-order valence-corrected chi connectivity index (χ2v) is 8.87. The summed E-state index contributed by atoms with van der Waals surface area (Å²) in [4.78, 5) is 21.6. The van der Waals surface area contributed by atoms with Crippen molar-refractivity contribution in [2.45, 2.75) is 31.9 Å². The molecule has 174 valence electrons. The van der Waals surface area contributed by atoms with Gasteiger partial charge in [0.1, 0.15) is 17.6 Å². The van der Waals surface area contributed by atoms with E-state index in [-0.39, 0.29) is 30.8 Å². The fraction of sp³-hybridized carbons (Fsp3) is 0.192. The van der Waals surface area contributed by atoms with E-state index in [1.54, 1.807) is 12.4 Å². The number of aromatic nitrogens is 2. The number of aryl methyl sites for hydroxylation is 1. The highest BCUT2D eigenvalue weighted by molar-refractivity contribution is 7.13. The summed E-state index contributed by atoms with van der Waals surface area (Å²) in [5.74, 6) is 1.56. The summed E-state index contributed by atoms with van der Waals surface area (Å²) in [6.45, 7) is 0.408. The fourth-order valence-electron chi connectivity index (χ4n) is 3.77. The molecule has 6 nitrogen and oxygen atoms in total. The predicted molar refractivity (Wildman–Crippen MR) is 134 cm³/mol. The van der Waals surface area contributed by atoms with Crippen LogP contribution in [-0.4, -0.2) is 15.9 Å². The molecule has 4 aromatic rings. The molecule has 0 saturated carbocycles. The zero-order valence-corrected chi connectivity index (χ0v) is 20.0. The smallest absolute Gasteiger partial charge is 0.278 e. The van der Waals surface area contributed by atoms with E-state index in [1.807, 2.05) is 54.6 Å². The second kappa shape index (κ2) is 11.1. The van der Waals surface area contributed by atoms with E-state index in [0.29, 0.717) is 11.7 Å². The summed E-state index contributed by atoms with van der Waals surface area (Å²) in [7, 11) is 0. The molecule has 3 heterocycles. The lowest BCUT2D eigenvalue weighted by molar-refractivity contribution is -0.120. The number of hydrogen-bond acceptors (Lipinski definition) is 6. The topological polar surface area (TPSA) is 73.3 Å². The number of fused-ring (bicyclic) bond motifs is 1. The number of hydrogen-bond donors (Lipinski definition) is 1. The van der Waals surface area contributed by atoms with E-state index >= 15 is 0 Å². The molecular weight excluding hydrogens is 470 g/mol. The Kier molecular flexibility index (Phi) is 7.77. The maximum Gasteiger partial charge on any atom is 0.278 e. The third-order valence-corrected chi connectivity index (χ3v) is 6.29. The van der Waals surface area contributed by atoms with Gasteiger partial charge in [0.2, 0.25) is 5.91 Å². The van der Waals surface area contributed by atoms with Gasteiger partial charge >= 0.3 is 0 Å². The molecule has 0 saturated heterocycles. The molecule has 1 aliphatic heterocycles. The van der Waals surface area contributed by atoms with Crippen LogP contribution in [-0.2, 0) is 24.2 Å². The molecule has 34 heavy (non-hydrogen) atoms.